The van der Waals surface area contributed by atoms with Crippen LogP contribution in [-0.4, -0.2) is 19.6 Å². The van der Waals surface area contributed by atoms with E-state index < -0.39 is 0 Å². The number of fused-ring (bicyclic) bond motifs is 6. The zero-order valence-electron chi connectivity index (χ0n) is 40.3. The lowest BCUT2D eigenvalue weighted by Gasteiger charge is -2.41. The molecule has 3 heterocycles. The summed E-state index contributed by atoms with van der Waals surface area (Å²) in [7, 11) is 0. The summed E-state index contributed by atoms with van der Waals surface area (Å²) in [5.74, 6) is 0. The number of para-hydroxylation sites is 3. The molecule has 0 radical (unpaired) electrons. The van der Waals surface area contributed by atoms with Crippen LogP contribution in [0.25, 0.3) is 36.5 Å². The van der Waals surface area contributed by atoms with Gasteiger partial charge in [-0.2, -0.15) is 0 Å². The molecule has 0 fully saturated rings. The van der Waals surface area contributed by atoms with Crippen molar-refractivity contribution < 1.29 is 0 Å². The van der Waals surface area contributed by atoms with Gasteiger partial charge in [-0.3, -0.25) is 0 Å². The molecule has 7 aromatic carbocycles. The average molecular weight is 862 g/mol. The third kappa shape index (κ3) is 7.21. The van der Waals surface area contributed by atoms with Gasteiger partial charge in [0, 0.05) is 70.0 Å². The highest BCUT2D eigenvalue weighted by atomic mass is 15.2. The van der Waals surface area contributed by atoms with Gasteiger partial charge in [-0.25, -0.2) is 0 Å². The van der Waals surface area contributed by atoms with Crippen molar-refractivity contribution in [2.24, 2.45) is 0 Å². The fraction of sp³-hybridized carbons (Fsp3) is 0.238. The second kappa shape index (κ2) is 16.5. The highest BCUT2D eigenvalue weighted by molar-refractivity contribution is 5.85. The maximum Gasteiger partial charge on any atom is 0.0452 e. The number of hydrogen-bond acceptors (Lipinski definition) is 3. The van der Waals surface area contributed by atoms with Gasteiger partial charge in [-0.15, -0.1) is 0 Å². The molecule has 0 bridgehead atoms. The zero-order valence-corrected chi connectivity index (χ0v) is 40.3. The van der Waals surface area contributed by atoms with E-state index in [4.69, 9.17) is 0 Å². The van der Waals surface area contributed by atoms with E-state index in [1.165, 1.54) is 84.2 Å². The van der Waals surface area contributed by atoms with Gasteiger partial charge in [-0.1, -0.05) is 151 Å². The first-order valence-electron chi connectivity index (χ1n) is 24.1. The first-order valence-corrected chi connectivity index (χ1v) is 24.1. The largest absolute Gasteiger partial charge is 0.341 e. The quantitative estimate of drug-likeness (QED) is 0.134. The van der Waals surface area contributed by atoms with E-state index in [0.717, 1.165) is 36.3 Å². The zero-order chi connectivity index (χ0) is 46.0. The number of nitrogens with zero attached hydrogens (tertiary/aromatic N) is 3. The van der Waals surface area contributed by atoms with Crippen molar-refractivity contribution in [2.45, 2.75) is 78.6 Å². The Morgan fingerprint density at radius 3 is 0.803 bits per heavy atom. The summed E-state index contributed by atoms with van der Waals surface area (Å²) in [6.45, 7) is 23.7. The van der Waals surface area contributed by atoms with Crippen LogP contribution in [0.2, 0.25) is 0 Å². The summed E-state index contributed by atoms with van der Waals surface area (Å²) < 4.78 is 0. The van der Waals surface area contributed by atoms with Crippen LogP contribution in [0.3, 0.4) is 0 Å². The normalized spacial score (nSPS) is 16.2. The van der Waals surface area contributed by atoms with E-state index in [9.17, 15) is 0 Å². The molecule has 3 nitrogen and oxygen atoms in total. The standard InChI is InChI=1S/C63H63N3/c1-10-64-55-22-16-13-19-49(55)61(4,5)52-40-43(31-34-58(52)64)25-28-46-37-47(29-26-44-32-35-59-53(41-44)62(6,7)50-20-14-17-23-56(50)65(59)11-2)39-48(38-46)30-27-45-33-36-60-54(42-45)63(8,9)51-21-15-18-24-57(51)66(60)12-3/h13-42H,10-12H2,1-9H3. The van der Waals surface area contributed by atoms with Crippen molar-refractivity contribution in [3.05, 3.63) is 212 Å². The second-order valence-electron chi connectivity index (χ2n) is 19.9. The molecule has 0 amide bonds. The van der Waals surface area contributed by atoms with Crippen molar-refractivity contribution in [1.82, 2.24) is 0 Å². The number of rotatable bonds is 9. The molecule has 10 rings (SSSR count). The lowest BCUT2D eigenvalue weighted by molar-refractivity contribution is 0.625. The van der Waals surface area contributed by atoms with E-state index in [1.807, 2.05) is 0 Å². The van der Waals surface area contributed by atoms with Crippen molar-refractivity contribution in [3.63, 3.8) is 0 Å². The van der Waals surface area contributed by atoms with E-state index >= 15 is 0 Å². The Hall–Kier alpha value is -6.84. The summed E-state index contributed by atoms with van der Waals surface area (Å²) in [5, 5.41) is 0. The second-order valence-corrected chi connectivity index (χ2v) is 19.9. The van der Waals surface area contributed by atoms with Gasteiger partial charge in [-0.05, 0) is 160 Å². The molecule has 0 spiro atoms. The van der Waals surface area contributed by atoms with Crippen LogP contribution in [0, 0.1) is 0 Å². The highest BCUT2D eigenvalue weighted by Crippen LogP contribution is 2.52. The van der Waals surface area contributed by atoms with Crippen LogP contribution in [0.15, 0.2) is 146 Å². The summed E-state index contributed by atoms with van der Waals surface area (Å²) in [4.78, 5) is 7.38. The van der Waals surface area contributed by atoms with Crippen LogP contribution in [0.5, 0.6) is 0 Å². The predicted octanol–water partition coefficient (Wildman–Crippen LogP) is 16.6. The van der Waals surface area contributed by atoms with Crippen LogP contribution in [-0.2, 0) is 16.2 Å². The molecular formula is C63H63N3. The van der Waals surface area contributed by atoms with Crippen LogP contribution in [0.4, 0.5) is 34.1 Å². The smallest absolute Gasteiger partial charge is 0.0452 e. The Bertz CT molecular complexity index is 2760. The number of hydrogen-bond donors (Lipinski definition) is 0. The predicted molar refractivity (Wildman–Crippen MR) is 286 cm³/mol. The minimum Gasteiger partial charge on any atom is -0.341 e. The molecule has 0 aromatic heterocycles. The molecule has 0 saturated heterocycles. The monoisotopic (exact) mass is 862 g/mol. The minimum atomic E-state index is -0.113. The van der Waals surface area contributed by atoms with Crippen LogP contribution in [0.1, 0.15) is 129 Å². The molecule has 0 atom stereocenters. The van der Waals surface area contributed by atoms with Gasteiger partial charge in [0.2, 0.25) is 0 Å². The Morgan fingerprint density at radius 1 is 0.288 bits per heavy atom. The van der Waals surface area contributed by atoms with Gasteiger partial charge < -0.3 is 14.7 Å². The molecule has 0 aliphatic carbocycles. The van der Waals surface area contributed by atoms with Gasteiger partial charge >= 0.3 is 0 Å². The summed E-state index contributed by atoms with van der Waals surface area (Å²) >= 11 is 0. The molecule has 7 aromatic rings. The van der Waals surface area contributed by atoms with Crippen molar-refractivity contribution in [1.29, 1.82) is 0 Å². The fourth-order valence-electron chi connectivity index (χ4n) is 11.3. The lowest BCUT2D eigenvalue weighted by atomic mass is 9.73. The average Bonchev–Trinajstić information content (AvgIpc) is 3.33. The Labute approximate surface area is 394 Å². The Balaban J connectivity index is 1.01. The fourth-order valence-corrected chi connectivity index (χ4v) is 11.3. The molecule has 3 aliphatic heterocycles. The van der Waals surface area contributed by atoms with E-state index in [0.29, 0.717) is 0 Å². The molecule has 0 N–H and O–H groups in total. The molecule has 330 valence electrons. The molecular weight excluding hydrogens is 799 g/mol. The summed E-state index contributed by atoms with van der Waals surface area (Å²) in [6, 6.07) is 54.6. The van der Waals surface area contributed by atoms with Gasteiger partial charge in [0.1, 0.15) is 0 Å². The SMILES string of the molecule is CCN1c2ccccc2C(C)(C)c2cc(C=Cc3cc(C=Cc4ccc5c(c4)C(C)(C)c4ccccc4N5CC)cc(C=Cc4ccc5c(c4)C(C)(C)c4ccccc4N5CC)c3)ccc21. The maximum atomic E-state index is 2.46. The Morgan fingerprint density at radius 2 is 0.530 bits per heavy atom. The van der Waals surface area contributed by atoms with Crippen molar-refractivity contribution in [2.75, 3.05) is 34.3 Å². The van der Waals surface area contributed by atoms with Gasteiger partial charge in [0.25, 0.3) is 0 Å². The lowest BCUT2D eigenvalue weighted by Crippen LogP contribution is -2.32. The van der Waals surface area contributed by atoms with Gasteiger partial charge in [0.05, 0.1) is 0 Å². The van der Waals surface area contributed by atoms with Crippen molar-refractivity contribution in [3.8, 4) is 0 Å². The minimum absolute atomic E-state index is 0.113. The number of benzene rings is 7. The molecule has 0 saturated carbocycles. The highest BCUT2D eigenvalue weighted by Gasteiger charge is 2.38. The third-order valence-corrected chi connectivity index (χ3v) is 14.9. The van der Waals surface area contributed by atoms with Crippen LogP contribution < -0.4 is 14.7 Å². The molecule has 0 unspecified atom stereocenters. The van der Waals surface area contributed by atoms with E-state index in [-0.39, 0.29) is 16.2 Å². The van der Waals surface area contributed by atoms with Crippen molar-refractivity contribution >= 4 is 70.6 Å². The first kappa shape index (κ1) is 43.1. The summed E-state index contributed by atoms with van der Waals surface area (Å²) in [6.07, 6.45) is 13.7. The first-order chi connectivity index (χ1) is 31.8. The summed E-state index contributed by atoms with van der Waals surface area (Å²) in [5.41, 5.74) is 22.8. The maximum absolute atomic E-state index is 2.46. The molecule has 3 aliphatic rings. The molecule has 66 heavy (non-hydrogen) atoms. The Kier molecular flexibility index (Phi) is 10.8. The van der Waals surface area contributed by atoms with E-state index in [2.05, 4.69) is 259 Å². The van der Waals surface area contributed by atoms with Gasteiger partial charge in [0.15, 0.2) is 0 Å². The number of anilines is 6. The van der Waals surface area contributed by atoms with E-state index in [1.54, 1.807) is 0 Å². The topological polar surface area (TPSA) is 9.72 Å². The molecule has 3 heteroatoms. The third-order valence-electron chi connectivity index (χ3n) is 14.9. The van der Waals surface area contributed by atoms with Crippen LogP contribution >= 0.6 is 0 Å².